The van der Waals surface area contributed by atoms with Gasteiger partial charge in [-0.3, -0.25) is 0 Å². The van der Waals surface area contributed by atoms with E-state index in [0.29, 0.717) is 0 Å². The summed E-state index contributed by atoms with van der Waals surface area (Å²) in [5.74, 6) is 0. The highest BCUT2D eigenvalue weighted by Gasteiger charge is 2.20. The molecule has 2 heteroatoms. The molecular weight excluding hydrogens is 677 g/mol. The van der Waals surface area contributed by atoms with Crippen molar-refractivity contribution in [2.75, 3.05) is 9.80 Å². The minimum absolute atomic E-state index is 1.09. The lowest BCUT2D eigenvalue weighted by molar-refractivity contribution is 1.29. The third kappa shape index (κ3) is 6.24. The second-order valence-corrected chi connectivity index (χ2v) is 14.2. The lowest BCUT2D eigenvalue weighted by Gasteiger charge is -2.29. The standard InChI is InChI=1S/C54H38N2/c1-3-17-43(18-4-1)54-52-25-12-11-16-42(52)30-35-53(54)56(51-34-29-40-15-8-10-20-45(40)38-51)48-31-26-41(27-32-48)46-21-13-24-49(36-46)55(47-22-5-2-6-23-47)50-33-28-39-14-7-9-19-44(39)37-50/h1-38H. The number of rotatable bonds is 8. The normalized spacial score (nSPS) is 11.2. The molecule has 0 unspecified atom stereocenters. The molecule has 0 fully saturated rings. The maximum atomic E-state index is 2.41. The summed E-state index contributed by atoms with van der Waals surface area (Å²) >= 11 is 0. The highest BCUT2D eigenvalue weighted by Crippen LogP contribution is 2.45. The van der Waals surface area contributed by atoms with Gasteiger partial charge in [0.1, 0.15) is 0 Å². The molecule has 10 aromatic carbocycles. The third-order valence-corrected chi connectivity index (χ3v) is 10.8. The Morgan fingerprint density at radius 3 is 1.38 bits per heavy atom. The zero-order chi connectivity index (χ0) is 37.3. The van der Waals surface area contributed by atoms with Crippen molar-refractivity contribution < 1.29 is 0 Å². The van der Waals surface area contributed by atoms with Gasteiger partial charge in [-0.1, -0.05) is 164 Å². The van der Waals surface area contributed by atoms with Crippen molar-refractivity contribution >= 4 is 66.4 Å². The second-order valence-electron chi connectivity index (χ2n) is 14.2. The van der Waals surface area contributed by atoms with Gasteiger partial charge in [0.2, 0.25) is 0 Å². The van der Waals surface area contributed by atoms with Crippen LogP contribution in [0.5, 0.6) is 0 Å². The molecule has 0 spiro atoms. The van der Waals surface area contributed by atoms with E-state index >= 15 is 0 Å². The molecule has 0 bridgehead atoms. The molecule has 0 aliphatic heterocycles. The van der Waals surface area contributed by atoms with Crippen LogP contribution in [0.2, 0.25) is 0 Å². The predicted molar refractivity (Wildman–Crippen MR) is 239 cm³/mol. The number of para-hydroxylation sites is 1. The van der Waals surface area contributed by atoms with Crippen molar-refractivity contribution in [2.24, 2.45) is 0 Å². The molecule has 0 amide bonds. The summed E-state index contributed by atoms with van der Waals surface area (Å²) in [5, 5.41) is 7.33. The maximum Gasteiger partial charge on any atom is 0.0546 e. The van der Waals surface area contributed by atoms with Gasteiger partial charge in [0.15, 0.2) is 0 Å². The van der Waals surface area contributed by atoms with E-state index in [2.05, 4.69) is 240 Å². The number of hydrogen-bond acceptors (Lipinski definition) is 2. The zero-order valence-corrected chi connectivity index (χ0v) is 30.8. The Morgan fingerprint density at radius 2 is 0.696 bits per heavy atom. The van der Waals surface area contributed by atoms with Crippen LogP contribution in [0, 0.1) is 0 Å². The van der Waals surface area contributed by atoms with Crippen molar-refractivity contribution in [3.63, 3.8) is 0 Å². The molecule has 264 valence electrons. The smallest absolute Gasteiger partial charge is 0.0546 e. The highest BCUT2D eigenvalue weighted by molar-refractivity contribution is 6.06. The molecule has 0 aliphatic carbocycles. The van der Waals surface area contributed by atoms with Crippen LogP contribution in [-0.4, -0.2) is 0 Å². The Labute approximate surface area is 327 Å². The number of nitrogens with zero attached hydrogens (tertiary/aromatic N) is 2. The summed E-state index contributed by atoms with van der Waals surface area (Å²) in [7, 11) is 0. The molecule has 56 heavy (non-hydrogen) atoms. The number of fused-ring (bicyclic) bond motifs is 3. The van der Waals surface area contributed by atoms with E-state index in [9.17, 15) is 0 Å². The lowest BCUT2D eigenvalue weighted by Crippen LogP contribution is -2.11. The molecule has 0 atom stereocenters. The van der Waals surface area contributed by atoms with E-state index in [1.807, 2.05) is 0 Å². The van der Waals surface area contributed by atoms with Crippen molar-refractivity contribution in [1.82, 2.24) is 0 Å². The number of hydrogen-bond donors (Lipinski definition) is 0. The average Bonchev–Trinajstić information content (AvgIpc) is 3.27. The van der Waals surface area contributed by atoms with Crippen LogP contribution in [0.25, 0.3) is 54.6 Å². The first kappa shape index (κ1) is 33.2. The van der Waals surface area contributed by atoms with Crippen molar-refractivity contribution in [3.05, 3.63) is 231 Å². The van der Waals surface area contributed by atoms with Crippen LogP contribution in [0.15, 0.2) is 231 Å². The molecule has 0 saturated carbocycles. The molecular formula is C54H38N2. The minimum Gasteiger partial charge on any atom is -0.310 e. The van der Waals surface area contributed by atoms with Gasteiger partial charge in [0, 0.05) is 34.0 Å². The fourth-order valence-electron chi connectivity index (χ4n) is 8.07. The van der Waals surface area contributed by atoms with Gasteiger partial charge in [0.05, 0.1) is 5.69 Å². The van der Waals surface area contributed by atoms with Crippen molar-refractivity contribution in [1.29, 1.82) is 0 Å². The average molecular weight is 715 g/mol. The van der Waals surface area contributed by atoms with Crippen LogP contribution >= 0.6 is 0 Å². The van der Waals surface area contributed by atoms with E-state index in [1.165, 1.54) is 43.4 Å². The Balaban J connectivity index is 1.09. The molecule has 0 saturated heterocycles. The zero-order valence-electron chi connectivity index (χ0n) is 30.8. The van der Waals surface area contributed by atoms with E-state index < -0.39 is 0 Å². The van der Waals surface area contributed by atoms with Crippen LogP contribution in [0.4, 0.5) is 34.1 Å². The van der Waals surface area contributed by atoms with Gasteiger partial charge in [-0.15, -0.1) is 0 Å². The Bertz CT molecular complexity index is 2970. The molecule has 10 aromatic rings. The molecule has 0 aromatic heterocycles. The van der Waals surface area contributed by atoms with Crippen LogP contribution in [-0.2, 0) is 0 Å². The summed E-state index contributed by atoms with van der Waals surface area (Å²) in [6, 6.07) is 83.2. The molecule has 2 nitrogen and oxygen atoms in total. The van der Waals surface area contributed by atoms with E-state index in [1.54, 1.807) is 0 Å². The summed E-state index contributed by atoms with van der Waals surface area (Å²) in [4.78, 5) is 4.76. The Morgan fingerprint density at radius 1 is 0.232 bits per heavy atom. The first-order valence-electron chi connectivity index (χ1n) is 19.2. The van der Waals surface area contributed by atoms with Gasteiger partial charge in [0.25, 0.3) is 0 Å². The first-order chi connectivity index (χ1) is 27.8. The third-order valence-electron chi connectivity index (χ3n) is 10.8. The van der Waals surface area contributed by atoms with Crippen LogP contribution in [0.3, 0.4) is 0 Å². The van der Waals surface area contributed by atoms with Gasteiger partial charge < -0.3 is 9.80 Å². The predicted octanol–water partition coefficient (Wildman–Crippen LogP) is 15.4. The largest absolute Gasteiger partial charge is 0.310 e. The molecule has 0 radical (unpaired) electrons. The Kier molecular flexibility index (Phi) is 8.55. The summed E-state index contributed by atoms with van der Waals surface area (Å²) in [6.07, 6.45) is 0. The van der Waals surface area contributed by atoms with Gasteiger partial charge in [-0.2, -0.15) is 0 Å². The van der Waals surface area contributed by atoms with E-state index in [-0.39, 0.29) is 0 Å². The topological polar surface area (TPSA) is 6.48 Å². The molecule has 0 N–H and O–H groups in total. The van der Waals surface area contributed by atoms with Crippen molar-refractivity contribution in [2.45, 2.75) is 0 Å². The Hall–Kier alpha value is -7.42. The van der Waals surface area contributed by atoms with Gasteiger partial charge >= 0.3 is 0 Å². The lowest BCUT2D eigenvalue weighted by atomic mass is 9.95. The molecule has 0 aliphatic rings. The number of anilines is 6. The fourth-order valence-corrected chi connectivity index (χ4v) is 8.07. The minimum atomic E-state index is 1.09. The summed E-state index contributed by atoms with van der Waals surface area (Å²) in [5.41, 5.74) is 11.4. The van der Waals surface area contributed by atoms with E-state index in [4.69, 9.17) is 0 Å². The van der Waals surface area contributed by atoms with Crippen LogP contribution in [0.1, 0.15) is 0 Å². The molecule has 0 heterocycles. The summed E-state index contributed by atoms with van der Waals surface area (Å²) in [6.45, 7) is 0. The number of benzene rings is 10. The summed E-state index contributed by atoms with van der Waals surface area (Å²) < 4.78 is 0. The quantitative estimate of drug-likeness (QED) is 0.155. The van der Waals surface area contributed by atoms with Crippen LogP contribution < -0.4 is 9.80 Å². The molecule has 10 rings (SSSR count). The first-order valence-corrected chi connectivity index (χ1v) is 19.2. The maximum absolute atomic E-state index is 2.41. The SMILES string of the molecule is c1ccc(-c2c(N(c3ccc(-c4cccc(N(c5ccccc5)c5ccc6ccccc6c5)c4)cc3)c3ccc4ccccc4c3)ccc3ccccc23)cc1. The second kappa shape index (κ2) is 14.4. The van der Waals surface area contributed by atoms with E-state index in [0.717, 1.165) is 45.3 Å². The van der Waals surface area contributed by atoms with Crippen molar-refractivity contribution in [3.8, 4) is 22.3 Å². The van der Waals surface area contributed by atoms with Gasteiger partial charge in [-0.25, -0.2) is 0 Å². The van der Waals surface area contributed by atoms with Gasteiger partial charge in [-0.05, 0) is 116 Å². The monoisotopic (exact) mass is 714 g/mol. The fraction of sp³-hybridized carbons (Fsp3) is 0. The highest BCUT2D eigenvalue weighted by atomic mass is 15.1.